The lowest BCUT2D eigenvalue weighted by molar-refractivity contribution is 0.190. The van der Waals surface area contributed by atoms with Gasteiger partial charge >= 0.3 is 0 Å². The summed E-state index contributed by atoms with van der Waals surface area (Å²) in [5, 5.41) is 3.58. The number of piperidine rings is 1. The molecule has 1 atom stereocenters. The van der Waals surface area contributed by atoms with E-state index in [2.05, 4.69) is 21.3 Å². The molecule has 0 radical (unpaired) electrons. The molecule has 1 saturated heterocycles. The van der Waals surface area contributed by atoms with Gasteiger partial charge < -0.3 is 5.32 Å². The summed E-state index contributed by atoms with van der Waals surface area (Å²) in [5.41, 5.74) is 2.08. The maximum Gasteiger partial charge on any atom is 0.159 e. The van der Waals surface area contributed by atoms with Gasteiger partial charge in [-0.1, -0.05) is 19.1 Å². The molecule has 0 amide bonds. The van der Waals surface area contributed by atoms with Crippen molar-refractivity contribution in [2.45, 2.75) is 38.3 Å². The summed E-state index contributed by atoms with van der Waals surface area (Å²) >= 11 is 0. The van der Waals surface area contributed by atoms with Crippen LogP contribution >= 0.6 is 0 Å². The Morgan fingerprint density at radius 1 is 1.20 bits per heavy atom. The van der Waals surface area contributed by atoms with Gasteiger partial charge in [0.1, 0.15) is 0 Å². The molecule has 1 aliphatic heterocycles. The zero-order valence-corrected chi connectivity index (χ0v) is 14.6. The van der Waals surface area contributed by atoms with Crippen molar-refractivity contribution in [1.82, 2.24) is 15.2 Å². The lowest BCUT2D eigenvalue weighted by Gasteiger charge is -2.33. The van der Waals surface area contributed by atoms with E-state index in [1.807, 2.05) is 19.2 Å². The van der Waals surface area contributed by atoms with Crippen molar-refractivity contribution in [3.63, 3.8) is 0 Å². The highest BCUT2D eigenvalue weighted by Gasteiger charge is 2.20. The highest BCUT2D eigenvalue weighted by molar-refractivity contribution is 5.21. The zero-order chi connectivity index (χ0) is 17.6. The van der Waals surface area contributed by atoms with Crippen molar-refractivity contribution in [1.29, 1.82) is 0 Å². The first-order chi connectivity index (χ1) is 12.1. The normalized spacial score (nSPS) is 17.6. The second-order valence-electron chi connectivity index (χ2n) is 6.89. The number of halogens is 2. The molecule has 0 bridgehead atoms. The van der Waals surface area contributed by atoms with Crippen LogP contribution in [0.3, 0.4) is 0 Å². The highest BCUT2D eigenvalue weighted by atomic mass is 19.2. The first-order valence-corrected chi connectivity index (χ1v) is 8.91. The second-order valence-corrected chi connectivity index (χ2v) is 6.89. The maximum atomic E-state index is 13.4. The monoisotopic (exact) mass is 345 g/mol. The summed E-state index contributed by atoms with van der Waals surface area (Å²) in [5.74, 6) is -1.40. The third kappa shape index (κ3) is 5.06. The van der Waals surface area contributed by atoms with Crippen molar-refractivity contribution >= 4 is 0 Å². The van der Waals surface area contributed by atoms with Crippen molar-refractivity contribution < 1.29 is 8.78 Å². The van der Waals surface area contributed by atoms with E-state index in [-0.39, 0.29) is 5.92 Å². The molecular weight excluding hydrogens is 320 g/mol. The molecule has 1 unspecified atom stereocenters. The molecule has 3 rings (SSSR count). The molecule has 1 fully saturated rings. The van der Waals surface area contributed by atoms with E-state index in [1.54, 1.807) is 12.3 Å². The third-order valence-electron chi connectivity index (χ3n) is 4.94. The van der Waals surface area contributed by atoms with Crippen molar-refractivity contribution in [3.05, 3.63) is 65.5 Å². The van der Waals surface area contributed by atoms with Crippen LogP contribution in [0.25, 0.3) is 0 Å². The standard InChI is InChI=1S/C20H25F2N3/c1-15(17-4-5-19(21)20(22)11-17)12-24-18-6-9-25(10-7-18)14-16-3-2-8-23-13-16/h2-5,8,11,13,15,18,24H,6-7,9-10,12,14H2,1H3. The predicted octanol–water partition coefficient (Wildman–Crippen LogP) is 3.72. The van der Waals surface area contributed by atoms with Crippen LogP contribution in [0.5, 0.6) is 0 Å². The molecule has 0 spiro atoms. The van der Waals surface area contributed by atoms with Gasteiger partial charge in [-0.05, 0) is 61.2 Å². The van der Waals surface area contributed by atoms with Gasteiger partial charge in [0.25, 0.3) is 0 Å². The Bertz CT molecular complexity index is 670. The summed E-state index contributed by atoms with van der Waals surface area (Å²) in [6, 6.07) is 8.75. The molecule has 134 valence electrons. The van der Waals surface area contributed by atoms with Crippen LogP contribution in [-0.4, -0.2) is 35.6 Å². The fraction of sp³-hybridized carbons (Fsp3) is 0.450. The Balaban J connectivity index is 1.42. The number of pyridine rings is 1. The summed E-state index contributed by atoms with van der Waals surface area (Å²) in [4.78, 5) is 6.62. The number of hydrogen-bond acceptors (Lipinski definition) is 3. The highest BCUT2D eigenvalue weighted by Crippen LogP contribution is 2.19. The molecule has 1 N–H and O–H groups in total. The Hall–Kier alpha value is -1.85. The first kappa shape index (κ1) is 18.0. The third-order valence-corrected chi connectivity index (χ3v) is 4.94. The number of nitrogens with zero attached hydrogens (tertiary/aromatic N) is 2. The molecule has 1 aromatic carbocycles. The van der Waals surface area contributed by atoms with E-state index in [1.165, 1.54) is 17.7 Å². The summed E-state index contributed by atoms with van der Waals surface area (Å²) < 4.78 is 26.4. The van der Waals surface area contributed by atoms with Crippen LogP contribution in [0.2, 0.25) is 0 Å². The fourth-order valence-electron chi connectivity index (χ4n) is 3.33. The van der Waals surface area contributed by atoms with Gasteiger partial charge in [0.2, 0.25) is 0 Å². The molecular formula is C20H25F2N3. The molecule has 2 heterocycles. The Labute approximate surface area is 148 Å². The largest absolute Gasteiger partial charge is 0.313 e. The zero-order valence-electron chi connectivity index (χ0n) is 14.6. The topological polar surface area (TPSA) is 28.2 Å². The number of likely N-dealkylation sites (tertiary alicyclic amines) is 1. The number of benzene rings is 1. The molecule has 0 saturated carbocycles. The van der Waals surface area contributed by atoms with Crippen molar-refractivity contribution in [3.8, 4) is 0 Å². The molecule has 5 heteroatoms. The van der Waals surface area contributed by atoms with Crippen molar-refractivity contribution in [2.24, 2.45) is 0 Å². The molecule has 2 aromatic rings. The van der Waals surface area contributed by atoms with Crippen LogP contribution in [0, 0.1) is 11.6 Å². The number of aromatic nitrogens is 1. The summed E-state index contributed by atoms with van der Waals surface area (Å²) in [6.07, 6.45) is 5.93. The van der Waals surface area contributed by atoms with E-state index in [9.17, 15) is 8.78 Å². The smallest absolute Gasteiger partial charge is 0.159 e. The van der Waals surface area contributed by atoms with Gasteiger partial charge in [-0.3, -0.25) is 9.88 Å². The summed E-state index contributed by atoms with van der Waals surface area (Å²) in [6.45, 7) is 5.89. The van der Waals surface area contributed by atoms with Crippen LogP contribution in [-0.2, 0) is 6.54 Å². The van der Waals surface area contributed by atoms with E-state index in [0.29, 0.717) is 6.04 Å². The van der Waals surface area contributed by atoms with Crippen LogP contribution < -0.4 is 5.32 Å². The first-order valence-electron chi connectivity index (χ1n) is 8.91. The average Bonchev–Trinajstić information content (AvgIpc) is 2.64. The Kier molecular flexibility index (Phi) is 6.10. The van der Waals surface area contributed by atoms with E-state index in [0.717, 1.165) is 44.6 Å². The number of nitrogens with one attached hydrogen (secondary N) is 1. The van der Waals surface area contributed by atoms with Gasteiger partial charge in [-0.25, -0.2) is 8.78 Å². The Morgan fingerprint density at radius 2 is 2.00 bits per heavy atom. The molecule has 1 aromatic heterocycles. The van der Waals surface area contributed by atoms with Crippen molar-refractivity contribution in [2.75, 3.05) is 19.6 Å². The average molecular weight is 345 g/mol. The van der Waals surface area contributed by atoms with Crippen LogP contribution in [0.15, 0.2) is 42.7 Å². The van der Waals surface area contributed by atoms with E-state index < -0.39 is 11.6 Å². The lowest BCUT2D eigenvalue weighted by atomic mass is 9.99. The molecule has 1 aliphatic rings. The Morgan fingerprint density at radius 3 is 2.68 bits per heavy atom. The predicted molar refractivity (Wildman–Crippen MR) is 95.3 cm³/mol. The maximum absolute atomic E-state index is 13.4. The second kappa shape index (κ2) is 8.50. The van der Waals surface area contributed by atoms with Crippen LogP contribution in [0.1, 0.15) is 36.8 Å². The van der Waals surface area contributed by atoms with Gasteiger partial charge in [-0.15, -0.1) is 0 Å². The summed E-state index contributed by atoms with van der Waals surface area (Å²) in [7, 11) is 0. The minimum atomic E-state index is -0.787. The van der Waals surface area contributed by atoms with E-state index in [4.69, 9.17) is 0 Å². The quantitative estimate of drug-likeness (QED) is 0.865. The van der Waals surface area contributed by atoms with Gasteiger partial charge in [0, 0.05) is 31.5 Å². The molecule has 3 nitrogen and oxygen atoms in total. The van der Waals surface area contributed by atoms with Crippen LogP contribution in [0.4, 0.5) is 8.78 Å². The SMILES string of the molecule is CC(CNC1CCN(Cc2cccnc2)CC1)c1ccc(F)c(F)c1. The fourth-order valence-corrected chi connectivity index (χ4v) is 3.33. The number of rotatable bonds is 6. The van der Waals surface area contributed by atoms with Gasteiger partial charge in [-0.2, -0.15) is 0 Å². The molecule has 0 aliphatic carbocycles. The van der Waals surface area contributed by atoms with Gasteiger partial charge in [0.05, 0.1) is 0 Å². The minimum Gasteiger partial charge on any atom is -0.313 e. The lowest BCUT2D eigenvalue weighted by Crippen LogP contribution is -2.43. The number of hydrogen-bond donors (Lipinski definition) is 1. The molecule has 25 heavy (non-hydrogen) atoms. The van der Waals surface area contributed by atoms with E-state index >= 15 is 0 Å². The minimum absolute atomic E-state index is 0.156. The van der Waals surface area contributed by atoms with Gasteiger partial charge in [0.15, 0.2) is 11.6 Å².